The van der Waals surface area contributed by atoms with Gasteiger partial charge in [0.1, 0.15) is 34.5 Å². The molecule has 1 aromatic carbocycles. The Balaban J connectivity index is 2.31. The van der Waals surface area contributed by atoms with E-state index in [1.807, 2.05) is 0 Å². The highest BCUT2D eigenvalue weighted by molar-refractivity contribution is 9.10. The molecule has 0 aliphatic carbocycles. The summed E-state index contributed by atoms with van der Waals surface area (Å²) in [5, 5.41) is 2.33. The standard InChI is InChI=1S/C11H5BrClF2N3O/c12-5-1-6(14)10(7(15)2-5)11(19)18-9-3-8(13)16-4-17-9/h1-4H,(H,16,17,18,19). The van der Waals surface area contributed by atoms with Crippen LogP contribution in [-0.2, 0) is 0 Å². The van der Waals surface area contributed by atoms with Crippen molar-refractivity contribution in [2.24, 2.45) is 0 Å². The lowest BCUT2D eigenvalue weighted by Crippen LogP contribution is -2.16. The first-order chi connectivity index (χ1) is 8.97. The molecule has 0 aliphatic rings. The maximum Gasteiger partial charge on any atom is 0.262 e. The van der Waals surface area contributed by atoms with Crippen LogP contribution in [0.5, 0.6) is 0 Å². The highest BCUT2D eigenvalue weighted by Gasteiger charge is 2.19. The van der Waals surface area contributed by atoms with Gasteiger partial charge in [-0.05, 0) is 12.1 Å². The van der Waals surface area contributed by atoms with Crippen molar-refractivity contribution in [3.63, 3.8) is 0 Å². The quantitative estimate of drug-likeness (QED) is 0.846. The molecule has 2 aromatic rings. The summed E-state index contributed by atoms with van der Waals surface area (Å²) < 4.78 is 27.3. The predicted molar refractivity (Wildman–Crippen MR) is 69.1 cm³/mol. The summed E-state index contributed by atoms with van der Waals surface area (Å²) in [6.45, 7) is 0. The number of nitrogens with zero attached hydrogens (tertiary/aromatic N) is 2. The van der Waals surface area contributed by atoms with Gasteiger partial charge in [0.15, 0.2) is 0 Å². The molecule has 8 heteroatoms. The number of benzene rings is 1. The largest absolute Gasteiger partial charge is 0.306 e. The molecule has 1 amide bonds. The average molecular weight is 349 g/mol. The number of aromatic nitrogens is 2. The number of hydrogen-bond acceptors (Lipinski definition) is 3. The molecule has 0 saturated heterocycles. The van der Waals surface area contributed by atoms with Crippen LogP contribution in [-0.4, -0.2) is 15.9 Å². The third-order valence-corrected chi connectivity index (χ3v) is 2.77. The van der Waals surface area contributed by atoms with Gasteiger partial charge in [0.2, 0.25) is 0 Å². The van der Waals surface area contributed by atoms with E-state index in [9.17, 15) is 13.6 Å². The minimum atomic E-state index is -0.982. The van der Waals surface area contributed by atoms with Gasteiger partial charge in [0.25, 0.3) is 5.91 Å². The van der Waals surface area contributed by atoms with Gasteiger partial charge < -0.3 is 5.32 Å². The molecule has 19 heavy (non-hydrogen) atoms. The van der Waals surface area contributed by atoms with E-state index < -0.39 is 23.1 Å². The summed E-state index contributed by atoms with van der Waals surface area (Å²) in [4.78, 5) is 19.1. The maximum absolute atomic E-state index is 13.6. The van der Waals surface area contributed by atoms with Crippen LogP contribution in [0.4, 0.5) is 14.6 Å². The average Bonchev–Trinajstić information content (AvgIpc) is 2.27. The van der Waals surface area contributed by atoms with E-state index in [0.717, 1.165) is 18.5 Å². The third kappa shape index (κ3) is 3.24. The summed E-state index contributed by atoms with van der Waals surface area (Å²) in [7, 11) is 0. The Hall–Kier alpha value is -1.60. The molecule has 0 spiro atoms. The van der Waals surface area contributed by atoms with E-state index in [4.69, 9.17) is 11.6 Å². The van der Waals surface area contributed by atoms with E-state index in [1.165, 1.54) is 6.07 Å². The van der Waals surface area contributed by atoms with Crippen LogP contribution >= 0.6 is 27.5 Å². The molecule has 0 radical (unpaired) electrons. The number of rotatable bonds is 2. The molecule has 0 unspecified atom stereocenters. The van der Waals surface area contributed by atoms with Crippen molar-refractivity contribution in [1.29, 1.82) is 0 Å². The molecular weight excluding hydrogens is 343 g/mol. The summed E-state index contributed by atoms with van der Waals surface area (Å²) >= 11 is 8.52. The van der Waals surface area contributed by atoms with Crippen molar-refractivity contribution in [1.82, 2.24) is 9.97 Å². The fourth-order valence-corrected chi connectivity index (χ4v) is 1.89. The van der Waals surface area contributed by atoms with Crippen LogP contribution < -0.4 is 5.32 Å². The van der Waals surface area contributed by atoms with E-state index in [1.54, 1.807) is 0 Å². The molecule has 98 valence electrons. The van der Waals surface area contributed by atoms with Gasteiger partial charge in [0.05, 0.1) is 0 Å². The number of hydrogen-bond donors (Lipinski definition) is 1. The Kier molecular flexibility index (Phi) is 4.06. The first-order valence-electron chi connectivity index (χ1n) is 4.91. The SMILES string of the molecule is O=C(Nc1cc(Cl)ncn1)c1c(F)cc(Br)cc1F. The van der Waals surface area contributed by atoms with Crippen molar-refractivity contribution >= 4 is 39.3 Å². The Morgan fingerprint density at radius 1 is 1.21 bits per heavy atom. The molecule has 1 N–H and O–H groups in total. The smallest absolute Gasteiger partial charge is 0.262 e. The molecule has 4 nitrogen and oxygen atoms in total. The number of carbonyl (C=O) groups excluding carboxylic acids is 1. The molecule has 0 fully saturated rings. The molecule has 0 aliphatic heterocycles. The van der Waals surface area contributed by atoms with Gasteiger partial charge in [-0.2, -0.15) is 0 Å². The van der Waals surface area contributed by atoms with E-state index in [0.29, 0.717) is 0 Å². The van der Waals surface area contributed by atoms with Crippen LogP contribution in [0.25, 0.3) is 0 Å². The summed E-state index contributed by atoms with van der Waals surface area (Å²) in [6, 6.07) is 3.24. The van der Waals surface area contributed by atoms with Gasteiger partial charge in [-0.3, -0.25) is 4.79 Å². The van der Waals surface area contributed by atoms with Crippen molar-refractivity contribution in [3.8, 4) is 0 Å². The molecular formula is C11H5BrClF2N3O. The van der Waals surface area contributed by atoms with E-state index in [2.05, 4.69) is 31.2 Å². The molecule has 1 aromatic heterocycles. The van der Waals surface area contributed by atoms with Crippen molar-refractivity contribution in [3.05, 3.63) is 51.4 Å². The lowest BCUT2D eigenvalue weighted by atomic mass is 10.2. The summed E-state index contributed by atoms with van der Waals surface area (Å²) in [6.07, 6.45) is 1.12. The number of halogens is 4. The Morgan fingerprint density at radius 2 is 1.84 bits per heavy atom. The molecule has 1 heterocycles. The minimum absolute atomic E-state index is 0.0479. The second-order valence-electron chi connectivity index (χ2n) is 3.42. The Morgan fingerprint density at radius 3 is 2.42 bits per heavy atom. The zero-order valence-corrected chi connectivity index (χ0v) is 11.5. The van der Waals surface area contributed by atoms with Gasteiger partial charge in [-0.15, -0.1) is 0 Å². The summed E-state index contributed by atoms with van der Waals surface area (Å²) in [5.74, 6) is -2.88. The second kappa shape index (κ2) is 5.58. The number of nitrogens with one attached hydrogen (secondary N) is 1. The predicted octanol–water partition coefficient (Wildman–Crippen LogP) is 3.42. The normalized spacial score (nSPS) is 10.3. The Bertz CT molecular complexity index is 631. The van der Waals surface area contributed by atoms with Crippen molar-refractivity contribution < 1.29 is 13.6 Å². The van der Waals surface area contributed by atoms with Crippen molar-refractivity contribution in [2.45, 2.75) is 0 Å². The van der Waals surface area contributed by atoms with Crippen molar-refractivity contribution in [2.75, 3.05) is 5.32 Å². The molecule has 2 rings (SSSR count). The maximum atomic E-state index is 13.6. The zero-order chi connectivity index (χ0) is 14.0. The van der Waals surface area contributed by atoms with Gasteiger partial charge in [-0.25, -0.2) is 18.7 Å². The number of amides is 1. The molecule has 0 bridgehead atoms. The highest BCUT2D eigenvalue weighted by Crippen LogP contribution is 2.20. The second-order valence-corrected chi connectivity index (χ2v) is 4.73. The van der Waals surface area contributed by atoms with Gasteiger partial charge in [0, 0.05) is 10.5 Å². The number of carbonyl (C=O) groups is 1. The molecule has 0 saturated carbocycles. The van der Waals surface area contributed by atoms with E-state index in [-0.39, 0.29) is 15.4 Å². The fourth-order valence-electron chi connectivity index (χ4n) is 1.34. The summed E-state index contributed by atoms with van der Waals surface area (Å²) in [5.41, 5.74) is -0.696. The van der Waals surface area contributed by atoms with Crippen LogP contribution in [0.2, 0.25) is 5.15 Å². The van der Waals surface area contributed by atoms with Crippen LogP contribution in [0.3, 0.4) is 0 Å². The minimum Gasteiger partial charge on any atom is -0.306 e. The third-order valence-electron chi connectivity index (χ3n) is 2.11. The topological polar surface area (TPSA) is 54.9 Å². The van der Waals surface area contributed by atoms with Crippen LogP contribution in [0, 0.1) is 11.6 Å². The lowest BCUT2D eigenvalue weighted by molar-refractivity contribution is 0.101. The lowest BCUT2D eigenvalue weighted by Gasteiger charge is -2.06. The first kappa shape index (κ1) is 13.8. The fraction of sp³-hybridized carbons (Fsp3) is 0. The van der Waals surface area contributed by atoms with Gasteiger partial charge in [-0.1, -0.05) is 27.5 Å². The monoisotopic (exact) mass is 347 g/mol. The van der Waals surface area contributed by atoms with Crippen LogP contribution in [0.1, 0.15) is 10.4 Å². The van der Waals surface area contributed by atoms with Gasteiger partial charge >= 0.3 is 0 Å². The Labute approximate surface area is 120 Å². The van der Waals surface area contributed by atoms with Crippen LogP contribution in [0.15, 0.2) is 29.0 Å². The first-order valence-corrected chi connectivity index (χ1v) is 6.08. The highest BCUT2D eigenvalue weighted by atomic mass is 79.9. The van der Waals surface area contributed by atoms with E-state index >= 15 is 0 Å². The number of anilines is 1. The zero-order valence-electron chi connectivity index (χ0n) is 9.12. The molecule has 0 atom stereocenters.